The van der Waals surface area contributed by atoms with Crippen LogP contribution >= 0.6 is 0 Å². The average Bonchev–Trinajstić information content (AvgIpc) is 2.24. The predicted molar refractivity (Wildman–Crippen MR) is 70.3 cm³/mol. The van der Waals surface area contributed by atoms with E-state index < -0.39 is 0 Å². The van der Waals surface area contributed by atoms with E-state index in [-0.39, 0.29) is 0 Å². The first-order chi connectivity index (χ1) is 7.10. The lowest BCUT2D eigenvalue weighted by Crippen LogP contribution is -2.45. The second-order valence-electron chi connectivity index (χ2n) is 5.17. The van der Waals surface area contributed by atoms with Crippen molar-refractivity contribution in [1.82, 2.24) is 5.32 Å². The van der Waals surface area contributed by atoms with Crippen molar-refractivity contribution in [3.63, 3.8) is 0 Å². The molecule has 0 fully saturated rings. The van der Waals surface area contributed by atoms with Crippen molar-refractivity contribution in [3.8, 4) is 0 Å². The Morgan fingerprint density at radius 2 is 1.73 bits per heavy atom. The molecule has 92 valence electrons. The van der Waals surface area contributed by atoms with E-state index in [1.807, 2.05) is 0 Å². The van der Waals surface area contributed by atoms with Crippen LogP contribution in [-0.4, -0.2) is 12.6 Å². The quantitative estimate of drug-likeness (QED) is 0.561. The minimum absolute atomic E-state index is 0.348. The van der Waals surface area contributed by atoms with Gasteiger partial charge >= 0.3 is 0 Å². The lowest BCUT2D eigenvalue weighted by atomic mass is 9.80. The Hall–Kier alpha value is -0.0400. The van der Waals surface area contributed by atoms with Crippen molar-refractivity contribution in [3.05, 3.63) is 0 Å². The summed E-state index contributed by atoms with van der Waals surface area (Å²) < 4.78 is 0. The highest BCUT2D eigenvalue weighted by Crippen LogP contribution is 2.26. The Kier molecular flexibility index (Phi) is 8.13. The van der Waals surface area contributed by atoms with E-state index in [1.54, 1.807) is 0 Å². The lowest BCUT2D eigenvalue weighted by Gasteiger charge is -2.35. The minimum Gasteiger partial charge on any atom is -0.314 e. The van der Waals surface area contributed by atoms with Crippen molar-refractivity contribution >= 4 is 0 Å². The monoisotopic (exact) mass is 213 g/mol. The van der Waals surface area contributed by atoms with E-state index in [4.69, 9.17) is 0 Å². The maximum Gasteiger partial charge on any atom is 0.0175 e. The third-order valence-electron chi connectivity index (χ3n) is 3.92. The molecule has 0 aliphatic carbocycles. The molecule has 1 nitrogen and oxygen atoms in total. The van der Waals surface area contributed by atoms with Gasteiger partial charge in [0.15, 0.2) is 0 Å². The summed E-state index contributed by atoms with van der Waals surface area (Å²) in [6.07, 6.45) is 9.48. The molecular formula is C14H31N. The van der Waals surface area contributed by atoms with Gasteiger partial charge in [-0.3, -0.25) is 0 Å². The van der Waals surface area contributed by atoms with Crippen LogP contribution in [0.4, 0.5) is 0 Å². The molecule has 2 atom stereocenters. The fraction of sp³-hybridized carbons (Fsp3) is 1.00. The van der Waals surface area contributed by atoms with Crippen molar-refractivity contribution < 1.29 is 0 Å². The lowest BCUT2D eigenvalue weighted by molar-refractivity contribution is 0.225. The van der Waals surface area contributed by atoms with Gasteiger partial charge in [-0.15, -0.1) is 0 Å². The molecule has 0 aromatic heterocycles. The van der Waals surface area contributed by atoms with Crippen molar-refractivity contribution in [1.29, 1.82) is 0 Å². The van der Waals surface area contributed by atoms with Crippen molar-refractivity contribution in [2.75, 3.05) is 7.05 Å². The molecule has 0 aromatic carbocycles. The van der Waals surface area contributed by atoms with Crippen LogP contribution in [0.25, 0.3) is 0 Å². The number of hydrogen-bond acceptors (Lipinski definition) is 1. The summed E-state index contributed by atoms with van der Waals surface area (Å²) >= 11 is 0. The van der Waals surface area contributed by atoms with Crippen molar-refractivity contribution in [2.45, 2.75) is 78.2 Å². The van der Waals surface area contributed by atoms with Crippen LogP contribution in [0.15, 0.2) is 0 Å². The van der Waals surface area contributed by atoms with Crippen LogP contribution in [0.3, 0.4) is 0 Å². The van der Waals surface area contributed by atoms with E-state index in [2.05, 4.69) is 40.1 Å². The van der Waals surface area contributed by atoms with Gasteiger partial charge in [0.25, 0.3) is 0 Å². The van der Waals surface area contributed by atoms with E-state index in [1.165, 1.54) is 44.9 Å². The van der Waals surface area contributed by atoms with Gasteiger partial charge in [-0.05, 0) is 32.7 Å². The summed E-state index contributed by atoms with van der Waals surface area (Å²) in [5, 5.41) is 3.52. The standard InChI is InChI=1S/C14H31N/c1-6-8-9-10-11-13(3)14(4,15-5)12-7-2/h13,15H,6-12H2,1-5H3. The smallest absolute Gasteiger partial charge is 0.0175 e. The number of hydrogen-bond donors (Lipinski definition) is 1. The third kappa shape index (κ3) is 5.55. The molecule has 0 aliphatic rings. The normalized spacial score (nSPS) is 17.4. The van der Waals surface area contributed by atoms with Crippen LogP contribution in [0, 0.1) is 5.92 Å². The van der Waals surface area contributed by atoms with Gasteiger partial charge in [-0.25, -0.2) is 0 Å². The van der Waals surface area contributed by atoms with Gasteiger partial charge < -0.3 is 5.32 Å². The topological polar surface area (TPSA) is 12.0 Å². The average molecular weight is 213 g/mol. The SMILES string of the molecule is CCCCCCC(C)C(C)(CCC)NC. The van der Waals surface area contributed by atoms with Crippen LogP contribution in [-0.2, 0) is 0 Å². The van der Waals surface area contributed by atoms with E-state index in [0.717, 1.165) is 5.92 Å². The fourth-order valence-corrected chi connectivity index (χ4v) is 2.33. The maximum atomic E-state index is 3.52. The molecule has 0 bridgehead atoms. The summed E-state index contributed by atoms with van der Waals surface area (Å²) in [6, 6.07) is 0. The Labute approximate surface area is 97.0 Å². The molecule has 0 radical (unpaired) electrons. The van der Waals surface area contributed by atoms with E-state index in [9.17, 15) is 0 Å². The largest absolute Gasteiger partial charge is 0.314 e. The second kappa shape index (κ2) is 8.15. The number of nitrogens with one attached hydrogen (secondary N) is 1. The Balaban J connectivity index is 3.87. The van der Waals surface area contributed by atoms with Gasteiger partial charge in [0.05, 0.1) is 0 Å². The first-order valence-corrected chi connectivity index (χ1v) is 6.79. The van der Waals surface area contributed by atoms with Crippen LogP contribution in [0.2, 0.25) is 0 Å². The Bertz CT molecular complexity index is 144. The second-order valence-corrected chi connectivity index (χ2v) is 5.17. The first kappa shape index (κ1) is 15.0. The summed E-state index contributed by atoms with van der Waals surface area (Å²) in [4.78, 5) is 0. The highest BCUT2D eigenvalue weighted by molar-refractivity contribution is 4.86. The molecule has 15 heavy (non-hydrogen) atoms. The molecule has 0 heterocycles. The first-order valence-electron chi connectivity index (χ1n) is 6.79. The summed E-state index contributed by atoms with van der Waals surface area (Å²) in [5.74, 6) is 0.791. The van der Waals surface area contributed by atoms with Gasteiger partial charge in [0, 0.05) is 5.54 Å². The predicted octanol–water partition coefficient (Wildman–Crippen LogP) is 4.37. The Morgan fingerprint density at radius 3 is 2.20 bits per heavy atom. The van der Waals surface area contributed by atoms with Crippen molar-refractivity contribution in [2.24, 2.45) is 5.92 Å². The summed E-state index contributed by atoms with van der Waals surface area (Å²) in [5.41, 5.74) is 0.348. The fourth-order valence-electron chi connectivity index (χ4n) is 2.33. The number of rotatable bonds is 9. The molecular weight excluding hydrogens is 182 g/mol. The van der Waals surface area contributed by atoms with E-state index in [0.29, 0.717) is 5.54 Å². The number of unbranched alkanes of at least 4 members (excludes halogenated alkanes) is 3. The molecule has 0 saturated carbocycles. The zero-order valence-electron chi connectivity index (χ0n) is 11.5. The molecule has 2 unspecified atom stereocenters. The van der Waals surface area contributed by atoms with Gasteiger partial charge in [-0.2, -0.15) is 0 Å². The summed E-state index contributed by atoms with van der Waals surface area (Å²) in [7, 11) is 2.11. The maximum absolute atomic E-state index is 3.52. The minimum atomic E-state index is 0.348. The molecule has 0 saturated heterocycles. The zero-order valence-corrected chi connectivity index (χ0v) is 11.5. The van der Waals surface area contributed by atoms with Crippen LogP contribution in [0.5, 0.6) is 0 Å². The van der Waals surface area contributed by atoms with E-state index >= 15 is 0 Å². The molecule has 0 rings (SSSR count). The van der Waals surface area contributed by atoms with Gasteiger partial charge in [0.1, 0.15) is 0 Å². The molecule has 0 amide bonds. The molecule has 1 N–H and O–H groups in total. The Morgan fingerprint density at radius 1 is 1.07 bits per heavy atom. The third-order valence-corrected chi connectivity index (χ3v) is 3.92. The highest BCUT2D eigenvalue weighted by atomic mass is 14.9. The highest BCUT2D eigenvalue weighted by Gasteiger charge is 2.27. The molecule has 0 aromatic rings. The van der Waals surface area contributed by atoms with Gasteiger partial charge in [0.2, 0.25) is 0 Å². The zero-order chi connectivity index (χ0) is 11.7. The molecule has 1 heteroatoms. The molecule has 0 spiro atoms. The van der Waals surface area contributed by atoms with Gasteiger partial charge in [-0.1, -0.05) is 52.9 Å². The van der Waals surface area contributed by atoms with Crippen LogP contribution in [0.1, 0.15) is 72.6 Å². The van der Waals surface area contributed by atoms with Crippen LogP contribution < -0.4 is 5.32 Å². The molecule has 0 aliphatic heterocycles. The summed E-state index contributed by atoms with van der Waals surface area (Å²) in [6.45, 7) is 9.33.